The van der Waals surface area contributed by atoms with Crippen molar-refractivity contribution in [2.24, 2.45) is 7.05 Å². The smallest absolute Gasteiger partial charge is 0.255 e. The fourth-order valence-corrected chi connectivity index (χ4v) is 3.65. The molecule has 1 heterocycles. The van der Waals surface area contributed by atoms with Gasteiger partial charge in [0.1, 0.15) is 0 Å². The molecule has 4 nitrogen and oxygen atoms in total. The number of amides is 1. The van der Waals surface area contributed by atoms with Gasteiger partial charge in [-0.25, -0.2) is 0 Å². The predicted octanol–water partition coefficient (Wildman–Crippen LogP) is 2.91. The third kappa shape index (κ3) is 4.38. The van der Waals surface area contributed by atoms with Gasteiger partial charge in [-0.3, -0.25) is 9.59 Å². The highest BCUT2D eigenvalue weighted by molar-refractivity contribution is 7.99. The number of carbonyl (C=O) groups is 1. The first-order chi connectivity index (χ1) is 10.6. The van der Waals surface area contributed by atoms with Crippen molar-refractivity contribution in [3.05, 3.63) is 34.2 Å². The van der Waals surface area contributed by atoms with Gasteiger partial charge in [-0.1, -0.05) is 26.2 Å². The zero-order valence-corrected chi connectivity index (χ0v) is 14.4. The monoisotopic (exact) mass is 322 g/mol. The lowest BCUT2D eigenvalue weighted by atomic mass is 9.94. The van der Waals surface area contributed by atoms with Crippen LogP contribution in [0.1, 0.15) is 49.4 Å². The minimum absolute atomic E-state index is 0.0687. The van der Waals surface area contributed by atoms with Gasteiger partial charge in [-0.05, 0) is 24.7 Å². The van der Waals surface area contributed by atoms with Gasteiger partial charge >= 0.3 is 0 Å². The molecular formula is C17H26N2O2S. The van der Waals surface area contributed by atoms with E-state index in [0.29, 0.717) is 11.6 Å². The normalized spacial score (nSPS) is 15.7. The number of rotatable bonds is 6. The van der Waals surface area contributed by atoms with Crippen LogP contribution in [-0.4, -0.2) is 39.5 Å². The van der Waals surface area contributed by atoms with E-state index in [2.05, 4.69) is 6.92 Å². The summed E-state index contributed by atoms with van der Waals surface area (Å²) in [5.41, 5.74) is 0.538. The van der Waals surface area contributed by atoms with Crippen molar-refractivity contribution in [1.82, 2.24) is 9.47 Å². The van der Waals surface area contributed by atoms with Gasteiger partial charge in [0.05, 0.1) is 5.56 Å². The van der Waals surface area contributed by atoms with Crippen LogP contribution in [0.25, 0.3) is 0 Å². The zero-order valence-electron chi connectivity index (χ0n) is 13.6. The summed E-state index contributed by atoms with van der Waals surface area (Å²) in [6, 6.07) is 3.50. The van der Waals surface area contributed by atoms with Gasteiger partial charge in [-0.2, -0.15) is 11.8 Å². The van der Waals surface area contributed by atoms with Crippen LogP contribution < -0.4 is 5.56 Å². The molecule has 0 saturated heterocycles. The van der Waals surface area contributed by atoms with Crippen molar-refractivity contribution in [2.45, 2.75) is 45.1 Å². The second-order valence-corrected chi connectivity index (χ2v) is 7.25. The SMILES string of the molecule is CCSCCN(C(=O)c1ccc(=O)n(C)c1)C1CCCCC1. The topological polar surface area (TPSA) is 42.3 Å². The van der Waals surface area contributed by atoms with Gasteiger partial charge in [-0.15, -0.1) is 0 Å². The van der Waals surface area contributed by atoms with Crippen LogP contribution in [0.3, 0.4) is 0 Å². The summed E-state index contributed by atoms with van der Waals surface area (Å²) in [4.78, 5) is 26.5. The third-order valence-corrected chi connectivity index (χ3v) is 5.17. The maximum atomic E-state index is 12.9. The van der Waals surface area contributed by atoms with E-state index in [1.165, 1.54) is 29.9 Å². The molecule has 1 aromatic heterocycles. The molecular weight excluding hydrogens is 296 g/mol. The Labute approximate surface area is 136 Å². The van der Waals surface area contributed by atoms with Crippen LogP contribution in [0.5, 0.6) is 0 Å². The molecule has 0 radical (unpaired) electrons. The van der Waals surface area contributed by atoms with Gasteiger partial charge in [0.25, 0.3) is 5.91 Å². The maximum absolute atomic E-state index is 12.9. The second kappa shape index (κ2) is 8.42. The number of aromatic nitrogens is 1. The standard InChI is InChI=1S/C17H26N2O2S/c1-3-22-12-11-19(15-7-5-4-6-8-15)17(21)14-9-10-16(20)18(2)13-14/h9-10,13,15H,3-8,11-12H2,1-2H3. The molecule has 1 aromatic rings. The predicted molar refractivity (Wildman–Crippen MR) is 92.6 cm³/mol. The molecule has 0 spiro atoms. The highest BCUT2D eigenvalue weighted by atomic mass is 32.2. The highest BCUT2D eigenvalue weighted by Crippen LogP contribution is 2.24. The number of hydrogen-bond donors (Lipinski definition) is 0. The van der Waals surface area contributed by atoms with Gasteiger partial charge in [0, 0.05) is 37.7 Å². The van der Waals surface area contributed by atoms with Gasteiger partial charge in [0.2, 0.25) is 5.56 Å². The van der Waals surface area contributed by atoms with Crippen LogP contribution in [0.4, 0.5) is 0 Å². The van der Waals surface area contributed by atoms with Crippen LogP contribution in [0.15, 0.2) is 23.1 Å². The molecule has 1 saturated carbocycles. The third-order valence-electron chi connectivity index (χ3n) is 4.29. The van der Waals surface area contributed by atoms with Crippen LogP contribution in [-0.2, 0) is 7.05 Å². The van der Waals surface area contributed by atoms with Gasteiger partial charge < -0.3 is 9.47 Å². The summed E-state index contributed by atoms with van der Waals surface area (Å²) in [7, 11) is 1.69. The van der Waals surface area contributed by atoms with E-state index >= 15 is 0 Å². The lowest BCUT2D eigenvalue weighted by molar-refractivity contribution is 0.0649. The Hall–Kier alpha value is -1.23. The average molecular weight is 322 g/mol. The summed E-state index contributed by atoms with van der Waals surface area (Å²) < 4.78 is 1.48. The van der Waals surface area contributed by atoms with E-state index in [9.17, 15) is 9.59 Å². The first kappa shape index (κ1) is 17.1. The summed E-state index contributed by atoms with van der Waals surface area (Å²) in [6.45, 7) is 2.94. The molecule has 5 heteroatoms. The summed E-state index contributed by atoms with van der Waals surface area (Å²) >= 11 is 1.87. The van der Waals surface area contributed by atoms with E-state index in [4.69, 9.17) is 0 Å². The van der Waals surface area contributed by atoms with E-state index < -0.39 is 0 Å². The van der Waals surface area contributed by atoms with Crippen LogP contribution >= 0.6 is 11.8 Å². The molecule has 2 rings (SSSR count). The Bertz CT molecular complexity index is 550. The van der Waals surface area contributed by atoms with E-state index in [-0.39, 0.29) is 11.5 Å². The van der Waals surface area contributed by atoms with E-state index in [1.807, 2.05) is 16.7 Å². The molecule has 122 valence electrons. The lowest BCUT2D eigenvalue weighted by Crippen LogP contribution is -2.43. The van der Waals surface area contributed by atoms with Crippen molar-refractivity contribution in [3.8, 4) is 0 Å². The second-order valence-electron chi connectivity index (χ2n) is 5.85. The quantitative estimate of drug-likeness (QED) is 0.756. The number of aryl methyl sites for hydroxylation is 1. The molecule has 0 bridgehead atoms. The average Bonchev–Trinajstić information content (AvgIpc) is 2.54. The molecule has 0 aromatic carbocycles. The van der Waals surface area contributed by atoms with Crippen LogP contribution in [0, 0.1) is 0 Å². The first-order valence-electron chi connectivity index (χ1n) is 8.19. The molecule has 0 aliphatic heterocycles. The number of hydrogen-bond acceptors (Lipinski definition) is 3. The fraction of sp³-hybridized carbons (Fsp3) is 0.647. The molecule has 1 fully saturated rings. The van der Waals surface area contributed by atoms with Crippen molar-refractivity contribution in [1.29, 1.82) is 0 Å². The molecule has 1 amide bonds. The fourth-order valence-electron chi connectivity index (χ4n) is 3.04. The molecule has 1 aliphatic rings. The lowest BCUT2D eigenvalue weighted by Gasteiger charge is -2.34. The summed E-state index contributed by atoms with van der Waals surface area (Å²) in [5, 5.41) is 0. The van der Waals surface area contributed by atoms with Gasteiger partial charge in [0.15, 0.2) is 0 Å². The largest absolute Gasteiger partial charge is 0.335 e. The Morgan fingerprint density at radius 2 is 2.05 bits per heavy atom. The number of thioether (sulfide) groups is 1. The zero-order chi connectivity index (χ0) is 15.9. The molecule has 1 aliphatic carbocycles. The minimum Gasteiger partial charge on any atom is -0.335 e. The minimum atomic E-state index is -0.0812. The maximum Gasteiger partial charge on any atom is 0.255 e. The van der Waals surface area contributed by atoms with Crippen molar-refractivity contribution in [3.63, 3.8) is 0 Å². The van der Waals surface area contributed by atoms with Crippen molar-refractivity contribution >= 4 is 17.7 Å². The summed E-state index contributed by atoms with van der Waals surface area (Å²) in [6.07, 6.45) is 7.57. The molecule has 0 atom stereocenters. The van der Waals surface area contributed by atoms with E-state index in [0.717, 1.165) is 30.9 Å². The number of nitrogens with zero attached hydrogens (tertiary/aromatic N) is 2. The highest BCUT2D eigenvalue weighted by Gasteiger charge is 2.26. The number of pyridine rings is 1. The van der Waals surface area contributed by atoms with E-state index in [1.54, 1.807) is 19.3 Å². The Kier molecular flexibility index (Phi) is 6.55. The molecule has 0 N–H and O–H groups in total. The summed E-state index contributed by atoms with van der Waals surface area (Å²) in [5.74, 6) is 2.12. The Balaban J connectivity index is 2.16. The number of carbonyl (C=O) groups excluding carboxylic acids is 1. The molecule has 0 unspecified atom stereocenters. The Morgan fingerprint density at radius 1 is 1.32 bits per heavy atom. The first-order valence-corrected chi connectivity index (χ1v) is 9.34. The van der Waals surface area contributed by atoms with Crippen LogP contribution in [0.2, 0.25) is 0 Å². The Morgan fingerprint density at radius 3 is 2.68 bits per heavy atom. The molecule has 22 heavy (non-hydrogen) atoms. The van der Waals surface area contributed by atoms with Crippen molar-refractivity contribution < 1.29 is 4.79 Å². The van der Waals surface area contributed by atoms with Crippen molar-refractivity contribution in [2.75, 3.05) is 18.1 Å².